The quantitative estimate of drug-likeness (QED) is 0.910. The molecule has 2 unspecified atom stereocenters. The number of fused-ring (bicyclic) bond motifs is 2. The largest absolute Gasteiger partial charge is 0.493 e. The van der Waals surface area contributed by atoms with Gasteiger partial charge in [-0.05, 0) is 29.3 Å². The maximum absolute atomic E-state index is 10.7. The second kappa shape index (κ2) is 4.53. The molecular weight excluding hydrogens is 252 g/mol. The van der Waals surface area contributed by atoms with E-state index in [1.165, 1.54) is 5.56 Å². The average molecular weight is 268 g/mol. The Balaban J connectivity index is 1.67. The number of aliphatic hydroxyl groups excluding tert-OH is 1. The molecule has 2 aliphatic rings. The van der Waals surface area contributed by atoms with Gasteiger partial charge in [-0.25, -0.2) is 0 Å². The van der Waals surface area contributed by atoms with Crippen LogP contribution >= 0.6 is 0 Å². The highest BCUT2D eigenvalue weighted by Crippen LogP contribution is 2.42. The van der Waals surface area contributed by atoms with Crippen LogP contribution in [0.15, 0.2) is 42.5 Å². The Hall–Kier alpha value is -2.00. The molecule has 0 aliphatic carbocycles. The standard InChI is InChI=1S/C17H16O3/c18-17(12-5-6-15-11(9-12)7-8-19-15)14-10-20-16-4-2-1-3-13(14)16/h1-6,9,14,17-18H,7-8,10H2. The third-order valence-electron chi connectivity index (χ3n) is 4.17. The second-order valence-corrected chi connectivity index (χ2v) is 5.37. The summed E-state index contributed by atoms with van der Waals surface area (Å²) in [4.78, 5) is 0. The number of para-hydroxylation sites is 1. The van der Waals surface area contributed by atoms with Gasteiger partial charge in [-0.2, -0.15) is 0 Å². The Morgan fingerprint density at radius 3 is 2.90 bits per heavy atom. The summed E-state index contributed by atoms with van der Waals surface area (Å²) in [6, 6.07) is 13.9. The van der Waals surface area contributed by atoms with E-state index in [0.29, 0.717) is 6.61 Å². The van der Waals surface area contributed by atoms with E-state index >= 15 is 0 Å². The molecule has 0 amide bonds. The molecule has 0 fully saturated rings. The molecule has 0 saturated heterocycles. The van der Waals surface area contributed by atoms with E-state index in [1.54, 1.807) is 0 Å². The van der Waals surface area contributed by atoms with Crippen LogP contribution in [0, 0.1) is 0 Å². The Morgan fingerprint density at radius 1 is 1.05 bits per heavy atom. The van der Waals surface area contributed by atoms with Crippen LogP contribution in [0.1, 0.15) is 28.7 Å². The Morgan fingerprint density at radius 2 is 1.95 bits per heavy atom. The van der Waals surface area contributed by atoms with Crippen LogP contribution in [0.3, 0.4) is 0 Å². The molecule has 2 aromatic rings. The average Bonchev–Trinajstić information content (AvgIpc) is 3.12. The topological polar surface area (TPSA) is 38.7 Å². The number of benzene rings is 2. The van der Waals surface area contributed by atoms with Gasteiger partial charge in [0.2, 0.25) is 0 Å². The smallest absolute Gasteiger partial charge is 0.123 e. The maximum atomic E-state index is 10.7. The molecule has 3 nitrogen and oxygen atoms in total. The van der Waals surface area contributed by atoms with Crippen LogP contribution in [-0.2, 0) is 6.42 Å². The predicted molar refractivity (Wildman–Crippen MR) is 75.3 cm³/mol. The fourth-order valence-electron chi connectivity index (χ4n) is 3.07. The van der Waals surface area contributed by atoms with Gasteiger partial charge in [0.15, 0.2) is 0 Å². The monoisotopic (exact) mass is 268 g/mol. The van der Waals surface area contributed by atoms with Crippen molar-refractivity contribution in [1.82, 2.24) is 0 Å². The lowest BCUT2D eigenvalue weighted by atomic mass is 9.90. The summed E-state index contributed by atoms with van der Waals surface area (Å²) >= 11 is 0. The molecule has 3 heteroatoms. The van der Waals surface area contributed by atoms with Crippen LogP contribution in [-0.4, -0.2) is 18.3 Å². The minimum atomic E-state index is -0.537. The van der Waals surface area contributed by atoms with Gasteiger partial charge in [-0.15, -0.1) is 0 Å². The van der Waals surface area contributed by atoms with Crippen LogP contribution in [0.2, 0.25) is 0 Å². The number of aliphatic hydroxyl groups is 1. The second-order valence-electron chi connectivity index (χ2n) is 5.37. The summed E-state index contributed by atoms with van der Waals surface area (Å²) in [5.74, 6) is 1.84. The van der Waals surface area contributed by atoms with Crippen molar-refractivity contribution in [2.75, 3.05) is 13.2 Å². The Kier molecular flexibility index (Phi) is 2.67. The van der Waals surface area contributed by atoms with E-state index in [0.717, 1.165) is 35.7 Å². The Bertz CT molecular complexity index is 650. The molecule has 102 valence electrons. The minimum Gasteiger partial charge on any atom is -0.493 e. The molecule has 0 aromatic heterocycles. The number of rotatable bonds is 2. The van der Waals surface area contributed by atoms with Crippen molar-refractivity contribution in [3.8, 4) is 11.5 Å². The molecule has 1 N–H and O–H groups in total. The van der Waals surface area contributed by atoms with E-state index in [-0.39, 0.29) is 5.92 Å². The lowest BCUT2D eigenvalue weighted by molar-refractivity contribution is 0.130. The van der Waals surface area contributed by atoms with Crippen LogP contribution in [0.25, 0.3) is 0 Å². The fourth-order valence-corrected chi connectivity index (χ4v) is 3.07. The van der Waals surface area contributed by atoms with Crippen molar-refractivity contribution in [2.24, 2.45) is 0 Å². The van der Waals surface area contributed by atoms with Gasteiger partial charge in [0, 0.05) is 12.0 Å². The summed E-state index contributed by atoms with van der Waals surface area (Å²) in [6.07, 6.45) is 0.387. The van der Waals surface area contributed by atoms with Gasteiger partial charge in [-0.3, -0.25) is 0 Å². The van der Waals surface area contributed by atoms with Crippen molar-refractivity contribution in [2.45, 2.75) is 18.4 Å². The predicted octanol–water partition coefficient (Wildman–Crippen LogP) is 2.83. The molecule has 2 heterocycles. The van der Waals surface area contributed by atoms with Crippen LogP contribution < -0.4 is 9.47 Å². The van der Waals surface area contributed by atoms with Gasteiger partial charge >= 0.3 is 0 Å². The van der Waals surface area contributed by atoms with Gasteiger partial charge in [0.05, 0.1) is 25.2 Å². The SMILES string of the molecule is OC(c1ccc2c(c1)CCO2)C1COc2ccccc21. The van der Waals surface area contributed by atoms with Gasteiger partial charge in [0.25, 0.3) is 0 Å². The summed E-state index contributed by atoms with van der Waals surface area (Å²) in [5.41, 5.74) is 3.23. The molecule has 0 saturated carbocycles. The molecular formula is C17H16O3. The Labute approximate surface area is 117 Å². The van der Waals surface area contributed by atoms with Gasteiger partial charge < -0.3 is 14.6 Å². The zero-order valence-corrected chi connectivity index (χ0v) is 11.1. The maximum Gasteiger partial charge on any atom is 0.123 e. The molecule has 0 bridgehead atoms. The molecule has 2 aromatic carbocycles. The first-order chi connectivity index (χ1) is 9.83. The molecule has 2 atom stereocenters. The van der Waals surface area contributed by atoms with E-state index in [1.807, 2.05) is 36.4 Å². The third kappa shape index (κ3) is 1.78. The summed E-state index contributed by atoms with van der Waals surface area (Å²) in [7, 11) is 0. The zero-order chi connectivity index (χ0) is 13.5. The van der Waals surface area contributed by atoms with E-state index in [2.05, 4.69) is 6.07 Å². The minimum absolute atomic E-state index is 0.00608. The summed E-state index contributed by atoms with van der Waals surface area (Å²) in [6.45, 7) is 1.28. The lowest BCUT2D eigenvalue weighted by Gasteiger charge is -2.18. The number of hydrogen-bond donors (Lipinski definition) is 1. The zero-order valence-electron chi connectivity index (χ0n) is 11.1. The molecule has 4 rings (SSSR count). The van der Waals surface area contributed by atoms with Crippen LogP contribution in [0.5, 0.6) is 11.5 Å². The van der Waals surface area contributed by atoms with Crippen molar-refractivity contribution in [3.05, 3.63) is 59.2 Å². The fraction of sp³-hybridized carbons (Fsp3) is 0.294. The normalized spacial score (nSPS) is 20.8. The number of ether oxygens (including phenoxy) is 2. The van der Waals surface area contributed by atoms with Crippen molar-refractivity contribution in [3.63, 3.8) is 0 Å². The summed E-state index contributed by atoms with van der Waals surface area (Å²) in [5, 5.41) is 10.7. The first-order valence-corrected chi connectivity index (χ1v) is 6.98. The van der Waals surface area contributed by atoms with Gasteiger partial charge in [0.1, 0.15) is 11.5 Å². The first-order valence-electron chi connectivity index (χ1n) is 6.98. The molecule has 0 radical (unpaired) electrons. The third-order valence-corrected chi connectivity index (χ3v) is 4.17. The molecule has 20 heavy (non-hydrogen) atoms. The van der Waals surface area contributed by atoms with E-state index < -0.39 is 6.10 Å². The molecule has 0 spiro atoms. The molecule has 2 aliphatic heterocycles. The first kappa shape index (κ1) is 11.8. The highest BCUT2D eigenvalue weighted by molar-refractivity contribution is 5.44. The lowest BCUT2D eigenvalue weighted by Crippen LogP contribution is -2.12. The van der Waals surface area contributed by atoms with Crippen molar-refractivity contribution >= 4 is 0 Å². The highest BCUT2D eigenvalue weighted by atomic mass is 16.5. The van der Waals surface area contributed by atoms with Crippen LogP contribution in [0.4, 0.5) is 0 Å². The highest BCUT2D eigenvalue weighted by Gasteiger charge is 2.31. The van der Waals surface area contributed by atoms with Crippen molar-refractivity contribution in [1.29, 1.82) is 0 Å². The van der Waals surface area contributed by atoms with E-state index in [4.69, 9.17) is 9.47 Å². The van der Waals surface area contributed by atoms with E-state index in [9.17, 15) is 5.11 Å². The van der Waals surface area contributed by atoms with Gasteiger partial charge in [-0.1, -0.05) is 24.3 Å². The van der Waals surface area contributed by atoms with Crippen molar-refractivity contribution < 1.29 is 14.6 Å². The summed E-state index contributed by atoms with van der Waals surface area (Å²) < 4.78 is 11.2. The number of hydrogen-bond acceptors (Lipinski definition) is 3.